The fourth-order valence-electron chi connectivity index (χ4n) is 3.99. The van der Waals surface area contributed by atoms with Gasteiger partial charge in [0.2, 0.25) is 5.91 Å². The Kier molecular flexibility index (Phi) is 9.30. The van der Waals surface area contributed by atoms with Gasteiger partial charge in [0.25, 0.3) is 0 Å². The van der Waals surface area contributed by atoms with Gasteiger partial charge in [0.1, 0.15) is 17.6 Å². The van der Waals surface area contributed by atoms with Crippen molar-refractivity contribution < 1.29 is 28.7 Å². The minimum atomic E-state index is -0.502. The lowest BCUT2D eigenvalue weighted by Gasteiger charge is -2.48. The molecule has 1 aromatic rings. The zero-order valence-electron chi connectivity index (χ0n) is 19.9. The second-order valence-corrected chi connectivity index (χ2v) is 11.9. The summed E-state index contributed by atoms with van der Waals surface area (Å²) in [6, 6.07) is 6.22. The fraction of sp³-hybridized carbons (Fsp3) is 0.583. The van der Waals surface area contributed by atoms with E-state index >= 15 is 0 Å². The maximum atomic E-state index is 13.0. The largest absolute Gasteiger partial charge is 0.460 e. The lowest BCUT2D eigenvalue weighted by atomic mass is 10.0. The molecule has 0 unspecified atom stereocenters. The molecular weight excluding hydrogens is 476 g/mol. The molecular formula is C24H32N2O6S2. The van der Waals surface area contributed by atoms with Crippen LogP contribution in [-0.4, -0.2) is 76.3 Å². The molecule has 2 aliphatic rings. The standard InChI is InChI=1S/C24H32N2O6S2/c1-24(2,3)32-22(29)7-5-4-6-21(28)25-12-13-26(20-16-34-33-15-19(20)25)23(30)31-18-10-8-17(14-27)9-11-18/h8-11,14,19-20H,4-7,12-13,15-16H2,1-3H3/t19-,20-/m1/s1. The van der Waals surface area contributed by atoms with Gasteiger partial charge in [-0.05, 0) is 57.9 Å². The average molecular weight is 509 g/mol. The SMILES string of the molecule is CC(C)(C)OC(=O)CCCCC(=O)N1CCN(C(=O)Oc2ccc(C=O)cc2)[C@@H]2CSSC[C@H]21. The molecule has 2 atom stereocenters. The number of piperazine rings is 1. The van der Waals surface area contributed by atoms with Gasteiger partial charge in [0.15, 0.2) is 0 Å². The average Bonchev–Trinajstić information content (AvgIpc) is 2.80. The predicted octanol–water partition coefficient (Wildman–Crippen LogP) is 4.18. The summed E-state index contributed by atoms with van der Waals surface area (Å²) in [7, 11) is 3.41. The Morgan fingerprint density at radius 2 is 1.56 bits per heavy atom. The molecule has 8 nitrogen and oxygen atoms in total. The van der Waals surface area contributed by atoms with Crippen LogP contribution in [0.25, 0.3) is 0 Å². The first kappa shape index (κ1) is 26.4. The molecule has 0 bridgehead atoms. The molecule has 0 aliphatic carbocycles. The number of aldehydes is 1. The highest BCUT2D eigenvalue weighted by Gasteiger charge is 2.43. The Balaban J connectivity index is 1.52. The maximum Gasteiger partial charge on any atom is 0.415 e. The number of rotatable bonds is 7. The first-order valence-corrected chi connectivity index (χ1v) is 14.0. The lowest BCUT2D eigenvalue weighted by Crippen LogP contribution is -2.65. The molecule has 0 N–H and O–H groups in total. The Morgan fingerprint density at radius 1 is 0.971 bits per heavy atom. The van der Waals surface area contributed by atoms with E-state index in [2.05, 4.69) is 0 Å². The van der Waals surface area contributed by atoms with E-state index in [1.165, 1.54) is 0 Å². The zero-order valence-corrected chi connectivity index (χ0v) is 21.5. The summed E-state index contributed by atoms with van der Waals surface area (Å²) in [5, 5.41) is 0. The molecule has 0 spiro atoms. The first-order valence-electron chi connectivity index (χ1n) is 11.5. The predicted molar refractivity (Wildman–Crippen MR) is 133 cm³/mol. The number of hydrogen-bond donors (Lipinski definition) is 0. The number of fused-ring (bicyclic) bond motifs is 1. The van der Waals surface area contributed by atoms with E-state index in [1.54, 1.807) is 50.8 Å². The normalized spacial score (nSPS) is 20.3. The van der Waals surface area contributed by atoms with Gasteiger partial charge in [-0.1, -0.05) is 21.6 Å². The lowest BCUT2D eigenvalue weighted by molar-refractivity contribution is -0.155. The van der Waals surface area contributed by atoms with Crippen LogP contribution in [0.1, 0.15) is 56.8 Å². The van der Waals surface area contributed by atoms with Crippen LogP contribution in [-0.2, 0) is 14.3 Å². The molecule has 10 heteroatoms. The summed E-state index contributed by atoms with van der Waals surface area (Å²) in [4.78, 5) is 52.2. The number of unbranched alkanes of at least 4 members (excludes halogenated alkanes) is 1. The molecule has 0 aromatic heterocycles. The van der Waals surface area contributed by atoms with Crippen LogP contribution in [0.2, 0.25) is 0 Å². The Morgan fingerprint density at radius 3 is 2.18 bits per heavy atom. The van der Waals surface area contributed by atoms with Crippen molar-refractivity contribution in [1.82, 2.24) is 9.80 Å². The highest BCUT2D eigenvalue weighted by Crippen LogP contribution is 2.36. The van der Waals surface area contributed by atoms with Crippen LogP contribution in [0.15, 0.2) is 24.3 Å². The van der Waals surface area contributed by atoms with Gasteiger partial charge in [0, 0.05) is 43.0 Å². The van der Waals surface area contributed by atoms with Crippen LogP contribution >= 0.6 is 21.6 Å². The molecule has 2 fully saturated rings. The third-order valence-corrected chi connectivity index (χ3v) is 8.04. The van der Waals surface area contributed by atoms with Gasteiger partial charge in [-0.2, -0.15) is 0 Å². The third kappa shape index (κ3) is 7.40. The zero-order chi connectivity index (χ0) is 24.7. The van der Waals surface area contributed by atoms with Crippen molar-refractivity contribution in [3.8, 4) is 5.75 Å². The van der Waals surface area contributed by atoms with E-state index in [4.69, 9.17) is 9.47 Å². The molecule has 3 rings (SSSR count). The summed E-state index contributed by atoms with van der Waals surface area (Å²) in [6.45, 7) is 6.37. The molecule has 2 aliphatic heterocycles. The summed E-state index contributed by atoms with van der Waals surface area (Å²) in [5.74, 6) is 1.67. The molecule has 1 aromatic carbocycles. The van der Waals surface area contributed by atoms with Crippen molar-refractivity contribution in [1.29, 1.82) is 0 Å². The van der Waals surface area contributed by atoms with Gasteiger partial charge in [-0.3, -0.25) is 14.4 Å². The molecule has 34 heavy (non-hydrogen) atoms. The molecule has 2 saturated heterocycles. The molecule has 0 saturated carbocycles. The van der Waals surface area contributed by atoms with Crippen LogP contribution in [0, 0.1) is 0 Å². The Bertz CT molecular complexity index is 886. The monoisotopic (exact) mass is 508 g/mol. The number of ether oxygens (including phenoxy) is 2. The van der Waals surface area contributed by atoms with Gasteiger partial charge < -0.3 is 19.3 Å². The van der Waals surface area contributed by atoms with Crippen molar-refractivity contribution in [2.24, 2.45) is 0 Å². The van der Waals surface area contributed by atoms with Gasteiger partial charge in [-0.15, -0.1) is 0 Å². The summed E-state index contributed by atoms with van der Waals surface area (Å²) >= 11 is 0. The highest BCUT2D eigenvalue weighted by atomic mass is 33.1. The molecule has 186 valence electrons. The minimum Gasteiger partial charge on any atom is -0.460 e. The minimum absolute atomic E-state index is 0.0594. The number of nitrogens with zero attached hydrogens (tertiary/aromatic N) is 2. The summed E-state index contributed by atoms with van der Waals surface area (Å²) in [6.07, 6.45) is 2.20. The third-order valence-electron chi connectivity index (χ3n) is 5.61. The number of carbonyl (C=O) groups excluding carboxylic acids is 4. The first-order chi connectivity index (χ1) is 16.2. The topological polar surface area (TPSA) is 93.2 Å². The number of hydrogen-bond acceptors (Lipinski definition) is 8. The van der Waals surface area contributed by atoms with E-state index in [1.807, 2.05) is 25.7 Å². The number of carbonyl (C=O) groups is 4. The van der Waals surface area contributed by atoms with E-state index in [-0.39, 0.29) is 24.0 Å². The van der Waals surface area contributed by atoms with Crippen molar-refractivity contribution in [3.63, 3.8) is 0 Å². The van der Waals surface area contributed by atoms with Gasteiger partial charge >= 0.3 is 12.1 Å². The highest BCUT2D eigenvalue weighted by molar-refractivity contribution is 8.76. The van der Waals surface area contributed by atoms with Crippen LogP contribution in [0.5, 0.6) is 5.75 Å². The quantitative estimate of drug-likeness (QED) is 0.234. The van der Waals surface area contributed by atoms with Crippen molar-refractivity contribution >= 4 is 45.8 Å². The molecule has 2 heterocycles. The van der Waals surface area contributed by atoms with Crippen molar-refractivity contribution in [3.05, 3.63) is 29.8 Å². The van der Waals surface area contributed by atoms with Gasteiger partial charge in [0.05, 0.1) is 12.1 Å². The van der Waals surface area contributed by atoms with Crippen LogP contribution in [0.3, 0.4) is 0 Å². The summed E-state index contributed by atoms with van der Waals surface area (Å²) < 4.78 is 10.9. The van der Waals surface area contributed by atoms with Crippen molar-refractivity contribution in [2.45, 2.75) is 64.1 Å². The fourth-order valence-corrected chi connectivity index (χ4v) is 6.68. The molecule has 0 radical (unpaired) electrons. The van der Waals surface area contributed by atoms with E-state index in [0.717, 1.165) is 17.8 Å². The molecule has 2 amide bonds. The second-order valence-electron chi connectivity index (χ2n) is 9.33. The maximum absolute atomic E-state index is 13.0. The van der Waals surface area contributed by atoms with E-state index < -0.39 is 11.7 Å². The van der Waals surface area contributed by atoms with Crippen LogP contribution < -0.4 is 4.74 Å². The van der Waals surface area contributed by atoms with Gasteiger partial charge in [-0.25, -0.2) is 4.79 Å². The second kappa shape index (κ2) is 12.0. The smallest absolute Gasteiger partial charge is 0.415 e. The number of esters is 1. The summed E-state index contributed by atoms with van der Waals surface area (Å²) in [5.41, 5.74) is 0.0111. The number of amides is 2. The van der Waals surface area contributed by atoms with E-state index in [9.17, 15) is 19.2 Å². The van der Waals surface area contributed by atoms with Crippen LogP contribution in [0.4, 0.5) is 4.79 Å². The Hall–Kier alpha value is -2.20. The van der Waals surface area contributed by atoms with E-state index in [0.29, 0.717) is 50.1 Å². The Labute approximate surface area is 208 Å². The van der Waals surface area contributed by atoms with Crippen molar-refractivity contribution in [2.75, 3.05) is 24.6 Å². The number of benzene rings is 1.